The summed E-state index contributed by atoms with van der Waals surface area (Å²) >= 11 is 0. The van der Waals surface area contributed by atoms with Crippen molar-refractivity contribution in [1.29, 1.82) is 0 Å². The van der Waals surface area contributed by atoms with Crippen LogP contribution in [0.4, 0.5) is 0 Å². The SMILES string of the molecule is CCC(=O)CCCNNC. The maximum atomic E-state index is 10.7. The molecule has 0 aliphatic rings. The fourth-order valence-electron chi connectivity index (χ4n) is 0.676. The van der Waals surface area contributed by atoms with E-state index in [-0.39, 0.29) is 0 Å². The molecule has 60 valence electrons. The van der Waals surface area contributed by atoms with E-state index in [2.05, 4.69) is 10.9 Å². The Morgan fingerprint density at radius 1 is 1.50 bits per heavy atom. The summed E-state index contributed by atoms with van der Waals surface area (Å²) in [5.74, 6) is 0.345. The number of nitrogens with one attached hydrogen (secondary N) is 2. The molecule has 0 aliphatic heterocycles. The highest BCUT2D eigenvalue weighted by Gasteiger charge is 1.95. The van der Waals surface area contributed by atoms with Gasteiger partial charge in [0.15, 0.2) is 0 Å². The monoisotopic (exact) mass is 144 g/mol. The molecule has 0 saturated carbocycles. The molecule has 0 fully saturated rings. The average Bonchev–Trinajstić information content (AvgIpc) is 1.98. The molecule has 0 aromatic heterocycles. The van der Waals surface area contributed by atoms with Gasteiger partial charge in [0.1, 0.15) is 5.78 Å². The Bertz CT molecular complexity index is 93.6. The van der Waals surface area contributed by atoms with E-state index in [0.29, 0.717) is 18.6 Å². The van der Waals surface area contributed by atoms with E-state index in [4.69, 9.17) is 0 Å². The number of hydrogen-bond donors (Lipinski definition) is 2. The largest absolute Gasteiger partial charge is 0.300 e. The van der Waals surface area contributed by atoms with Crippen LogP contribution in [0.3, 0.4) is 0 Å². The predicted octanol–water partition coefficient (Wildman–Crippen LogP) is 0.470. The summed E-state index contributed by atoms with van der Waals surface area (Å²) in [5.41, 5.74) is 5.72. The standard InChI is InChI=1S/C7H16N2O/c1-3-7(10)5-4-6-9-8-2/h8-9H,3-6H2,1-2H3. The molecule has 0 atom stereocenters. The van der Waals surface area contributed by atoms with Crippen LogP contribution in [-0.4, -0.2) is 19.4 Å². The number of hydrogen-bond acceptors (Lipinski definition) is 3. The molecule has 3 nitrogen and oxygen atoms in total. The zero-order chi connectivity index (χ0) is 7.82. The van der Waals surface area contributed by atoms with Crippen LogP contribution >= 0.6 is 0 Å². The molecular weight excluding hydrogens is 128 g/mol. The summed E-state index contributed by atoms with van der Waals surface area (Å²) in [7, 11) is 1.82. The molecule has 0 radical (unpaired) electrons. The van der Waals surface area contributed by atoms with Gasteiger partial charge in [-0.25, -0.2) is 0 Å². The molecule has 0 spiro atoms. The third-order valence-corrected chi connectivity index (χ3v) is 1.33. The minimum Gasteiger partial charge on any atom is -0.300 e. The molecule has 0 bridgehead atoms. The normalized spacial score (nSPS) is 9.80. The smallest absolute Gasteiger partial charge is 0.132 e. The van der Waals surface area contributed by atoms with E-state index in [0.717, 1.165) is 13.0 Å². The summed E-state index contributed by atoms with van der Waals surface area (Å²) in [5, 5.41) is 0. The van der Waals surface area contributed by atoms with Crippen molar-refractivity contribution < 1.29 is 4.79 Å². The lowest BCUT2D eigenvalue weighted by Gasteiger charge is -1.99. The lowest BCUT2D eigenvalue weighted by Crippen LogP contribution is -2.28. The van der Waals surface area contributed by atoms with Crippen molar-refractivity contribution in [1.82, 2.24) is 10.9 Å². The Morgan fingerprint density at radius 3 is 2.70 bits per heavy atom. The third-order valence-electron chi connectivity index (χ3n) is 1.33. The van der Waals surface area contributed by atoms with Gasteiger partial charge in [-0.2, -0.15) is 0 Å². The van der Waals surface area contributed by atoms with Gasteiger partial charge < -0.3 is 0 Å². The number of carbonyl (C=O) groups is 1. The van der Waals surface area contributed by atoms with Gasteiger partial charge in [0.05, 0.1) is 0 Å². The number of hydrazine groups is 1. The summed E-state index contributed by atoms with van der Waals surface area (Å²) in [6, 6.07) is 0. The van der Waals surface area contributed by atoms with Crippen LogP contribution in [0, 0.1) is 0 Å². The summed E-state index contributed by atoms with van der Waals surface area (Å²) < 4.78 is 0. The maximum Gasteiger partial charge on any atom is 0.132 e. The topological polar surface area (TPSA) is 41.1 Å². The van der Waals surface area contributed by atoms with Crippen LogP contribution in [0.2, 0.25) is 0 Å². The zero-order valence-corrected chi connectivity index (χ0v) is 6.74. The van der Waals surface area contributed by atoms with Gasteiger partial charge in [0.25, 0.3) is 0 Å². The van der Waals surface area contributed by atoms with Crippen molar-refractivity contribution in [3.63, 3.8) is 0 Å². The number of ketones is 1. The van der Waals surface area contributed by atoms with E-state index >= 15 is 0 Å². The second-order valence-corrected chi connectivity index (χ2v) is 2.17. The molecule has 0 rings (SSSR count). The maximum absolute atomic E-state index is 10.7. The van der Waals surface area contributed by atoms with Crippen LogP contribution in [0.25, 0.3) is 0 Å². The molecular formula is C7H16N2O. The van der Waals surface area contributed by atoms with E-state index in [9.17, 15) is 4.79 Å². The minimum absolute atomic E-state index is 0.345. The van der Waals surface area contributed by atoms with Crippen molar-refractivity contribution >= 4 is 5.78 Å². The summed E-state index contributed by atoms with van der Waals surface area (Å²) in [6.45, 7) is 2.76. The first-order valence-electron chi connectivity index (χ1n) is 3.72. The second-order valence-electron chi connectivity index (χ2n) is 2.17. The van der Waals surface area contributed by atoms with Crippen molar-refractivity contribution in [3.8, 4) is 0 Å². The Morgan fingerprint density at radius 2 is 2.20 bits per heavy atom. The van der Waals surface area contributed by atoms with E-state index < -0.39 is 0 Å². The van der Waals surface area contributed by atoms with Crippen LogP contribution in [-0.2, 0) is 4.79 Å². The first-order chi connectivity index (χ1) is 4.81. The Kier molecular flexibility index (Phi) is 6.43. The van der Waals surface area contributed by atoms with Crippen LogP contribution in [0.5, 0.6) is 0 Å². The van der Waals surface area contributed by atoms with E-state index in [1.54, 1.807) is 0 Å². The molecule has 0 saturated heterocycles. The summed E-state index contributed by atoms with van der Waals surface area (Å²) in [4.78, 5) is 10.7. The molecule has 0 amide bonds. The molecule has 0 aliphatic carbocycles. The van der Waals surface area contributed by atoms with Gasteiger partial charge in [-0.05, 0) is 13.5 Å². The average molecular weight is 144 g/mol. The quantitative estimate of drug-likeness (QED) is 0.420. The molecule has 3 heteroatoms. The first kappa shape index (κ1) is 9.59. The molecule has 2 N–H and O–H groups in total. The number of Topliss-reactive ketones (excluding diaryl/α,β-unsaturated/α-hetero) is 1. The molecule has 0 aromatic carbocycles. The van der Waals surface area contributed by atoms with Gasteiger partial charge in [-0.15, -0.1) is 0 Å². The fourth-order valence-corrected chi connectivity index (χ4v) is 0.676. The van der Waals surface area contributed by atoms with Crippen LogP contribution < -0.4 is 10.9 Å². The number of carbonyl (C=O) groups excluding carboxylic acids is 1. The van der Waals surface area contributed by atoms with E-state index in [1.807, 2.05) is 14.0 Å². The third kappa shape index (κ3) is 5.72. The van der Waals surface area contributed by atoms with E-state index in [1.165, 1.54) is 0 Å². The fraction of sp³-hybridized carbons (Fsp3) is 0.857. The second kappa shape index (κ2) is 6.71. The van der Waals surface area contributed by atoms with Crippen molar-refractivity contribution in [2.45, 2.75) is 26.2 Å². The lowest BCUT2D eigenvalue weighted by molar-refractivity contribution is -0.118. The molecule has 10 heavy (non-hydrogen) atoms. The summed E-state index contributed by atoms with van der Waals surface area (Å²) in [6.07, 6.45) is 2.29. The van der Waals surface area contributed by atoms with Crippen LogP contribution in [0.15, 0.2) is 0 Å². The minimum atomic E-state index is 0.345. The van der Waals surface area contributed by atoms with Gasteiger partial charge in [0, 0.05) is 19.4 Å². The van der Waals surface area contributed by atoms with Crippen molar-refractivity contribution in [2.24, 2.45) is 0 Å². The highest BCUT2D eigenvalue weighted by molar-refractivity contribution is 5.77. The number of rotatable bonds is 6. The van der Waals surface area contributed by atoms with Gasteiger partial charge in [-0.1, -0.05) is 6.92 Å². The first-order valence-corrected chi connectivity index (χ1v) is 3.72. The van der Waals surface area contributed by atoms with Gasteiger partial charge in [0.2, 0.25) is 0 Å². The van der Waals surface area contributed by atoms with Crippen molar-refractivity contribution in [2.75, 3.05) is 13.6 Å². The lowest BCUT2D eigenvalue weighted by atomic mass is 10.2. The molecule has 0 aromatic rings. The van der Waals surface area contributed by atoms with Gasteiger partial charge in [-0.3, -0.25) is 15.6 Å². The van der Waals surface area contributed by atoms with Gasteiger partial charge >= 0.3 is 0 Å². The predicted molar refractivity (Wildman–Crippen MR) is 41.6 cm³/mol. The Hall–Kier alpha value is -0.410. The molecule has 0 heterocycles. The zero-order valence-electron chi connectivity index (χ0n) is 6.74. The highest BCUT2D eigenvalue weighted by atomic mass is 16.1. The van der Waals surface area contributed by atoms with Crippen molar-refractivity contribution in [3.05, 3.63) is 0 Å². The Labute approximate surface area is 62.2 Å². The highest BCUT2D eigenvalue weighted by Crippen LogP contribution is 1.91. The Balaban J connectivity index is 2.96. The molecule has 0 unspecified atom stereocenters. The van der Waals surface area contributed by atoms with Crippen LogP contribution in [0.1, 0.15) is 26.2 Å².